The second kappa shape index (κ2) is 10.7. The molecule has 0 bridgehead atoms. The van der Waals surface area contributed by atoms with Crippen molar-refractivity contribution >= 4 is 5.57 Å². The Hall–Kier alpha value is -2.52. The standard InChI is InChI=1S/C31H40/c1-10-13-14-26(12-3)29-19-27(22(4)5)20-30(21-29)31(9)16-15-24(7)28(18-25(31)8)17-23(6)11-2/h2,15-21,26H,4,10,12-14H2,1,3,5-9H3/b23-17+. The maximum absolute atomic E-state index is 5.60. The van der Waals surface area contributed by atoms with Crippen LogP contribution in [0.3, 0.4) is 0 Å². The van der Waals surface area contributed by atoms with E-state index < -0.39 is 0 Å². The van der Waals surface area contributed by atoms with E-state index in [1.54, 1.807) is 0 Å². The van der Waals surface area contributed by atoms with Crippen molar-refractivity contribution in [2.24, 2.45) is 0 Å². The first-order valence-corrected chi connectivity index (χ1v) is 11.7. The van der Waals surface area contributed by atoms with Gasteiger partial charge in [-0.1, -0.05) is 86.8 Å². The minimum absolute atomic E-state index is 0.176. The fourth-order valence-corrected chi connectivity index (χ4v) is 4.26. The fraction of sp³-hybridized carbons (Fsp3) is 0.419. The van der Waals surface area contributed by atoms with Gasteiger partial charge in [0.25, 0.3) is 0 Å². The molecule has 0 radical (unpaired) electrons. The Balaban J connectivity index is 2.63. The number of benzene rings is 1. The smallest absolute Gasteiger partial charge is 0.0317 e. The first kappa shape index (κ1) is 24.7. The molecule has 0 heteroatoms. The Morgan fingerprint density at radius 3 is 2.48 bits per heavy atom. The summed E-state index contributed by atoms with van der Waals surface area (Å²) < 4.78 is 0. The molecule has 1 aromatic rings. The summed E-state index contributed by atoms with van der Waals surface area (Å²) in [5.74, 6) is 3.34. The van der Waals surface area contributed by atoms with Gasteiger partial charge in [-0.2, -0.15) is 0 Å². The van der Waals surface area contributed by atoms with Crippen molar-refractivity contribution in [2.75, 3.05) is 0 Å². The molecule has 164 valence electrons. The Morgan fingerprint density at radius 1 is 1.19 bits per heavy atom. The molecule has 2 unspecified atom stereocenters. The monoisotopic (exact) mass is 412 g/mol. The van der Waals surface area contributed by atoms with Gasteiger partial charge >= 0.3 is 0 Å². The van der Waals surface area contributed by atoms with Gasteiger partial charge < -0.3 is 0 Å². The summed E-state index contributed by atoms with van der Waals surface area (Å²) in [6.07, 6.45) is 19.6. The number of unbranched alkanes of at least 4 members (excludes halogenated alkanes) is 1. The Labute approximate surface area is 191 Å². The predicted molar refractivity (Wildman–Crippen MR) is 139 cm³/mol. The first-order chi connectivity index (χ1) is 14.7. The van der Waals surface area contributed by atoms with Crippen LogP contribution in [0.25, 0.3) is 5.57 Å². The number of allylic oxidation sites excluding steroid dienone is 9. The van der Waals surface area contributed by atoms with Gasteiger partial charge in [0.1, 0.15) is 0 Å². The number of terminal acetylenes is 1. The van der Waals surface area contributed by atoms with Gasteiger partial charge in [0.2, 0.25) is 0 Å². The normalized spacial score (nSPS) is 20.2. The van der Waals surface area contributed by atoms with Crippen molar-refractivity contribution in [2.45, 2.75) is 85.5 Å². The zero-order chi connectivity index (χ0) is 23.2. The van der Waals surface area contributed by atoms with Crippen LogP contribution in [-0.2, 0) is 5.41 Å². The highest BCUT2D eigenvalue weighted by molar-refractivity contribution is 5.65. The number of rotatable bonds is 8. The van der Waals surface area contributed by atoms with Crippen molar-refractivity contribution in [3.05, 3.63) is 88.1 Å². The highest BCUT2D eigenvalue weighted by Crippen LogP contribution is 2.40. The summed E-state index contributed by atoms with van der Waals surface area (Å²) in [4.78, 5) is 0. The molecule has 2 rings (SSSR count). The van der Waals surface area contributed by atoms with Gasteiger partial charge in [-0.05, 0) is 92.9 Å². The van der Waals surface area contributed by atoms with Gasteiger partial charge in [0, 0.05) is 5.41 Å². The van der Waals surface area contributed by atoms with E-state index in [4.69, 9.17) is 6.42 Å². The molecule has 0 amide bonds. The van der Waals surface area contributed by atoms with Crippen molar-refractivity contribution in [3.63, 3.8) is 0 Å². The van der Waals surface area contributed by atoms with E-state index in [1.807, 2.05) is 6.92 Å². The second-order valence-electron chi connectivity index (χ2n) is 9.34. The molecular formula is C31H40. The highest BCUT2D eigenvalue weighted by atomic mass is 14.3. The lowest BCUT2D eigenvalue weighted by molar-refractivity contribution is 0.567. The van der Waals surface area contributed by atoms with Crippen LogP contribution in [0.4, 0.5) is 0 Å². The lowest BCUT2D eigenvalue weighted by Crippen LogP contribution is -2.21. The maximum Gasteiger partial charge on any atom is 0.0317 e. The molecule has 1 aliphatic carbocycles. The van der Waals surface area contributed by atoms with E-state index in [1.165, 1.54) is 59.1 Å². The molecule has 0 fully saturated rings. The van der Waals surface area contributed by atoms with Crippen LogP contribution in [0.5, 0.6) is 0 Å². The fourth-order valence-electron chi connectivity index (χ4n) is 4.26. The lowest BCUT2D eigenvalue weighted by atomic mass is 9.74. The second-order valence-corrected chi connectivity index (χ2v) is 9.34. The quantitative estimate of drug-likeness (QED) is 0.373. The topological polar surface area (TPSA) is 0 Å². The molecule has 31 heavy (non-hydrogen) atoms. The van der Waals surface area contributed by atoms with E-state index in [9.17, 15) is 0 Å². The lowest BCUT2D eigenvalue weighted by Gasteiger charge is -2.30. The molecule has 2 atom stereocenters. The molecule has 0 aromatic heterocycles. The predicted octanol–water partition coefficient (Wildman–Crippen LogP) is 9.07. The average molecular weight is 413 g/mol. The zero-order valence-corrected chi connectivity index (χ0v) is 20.7. The minimum atomic E-state index is -0.176. The third-order valence-corrected chi connectivity index (χ3v) is 6.83. The molecule has 0 saturated carbocycles. The van der Waals surface area contributed by atoms with Crippen LogP contribution in [0, 0.1) is 12.3 Å². The van der Waals surface area contributed by atoms with Crippen molar-refractivity contribution in [3.8, 4) is 12.3 Å². The van der Waals surface area contributed by atoms with Crippen LogP contribution >= 0.6 is 0 Å². The molecule has 0 heterocycles. The van der Waals surface area contributed by atoms with Gasteiger partial charge in [-0.15, -0.1) is 6.42 Å². The van der Waals surface area contributed by atoms with E-state index in [0.29, 0.717) is 5.92 Å². The maximum atomic E-state index is 5.60. The number of hydrogen-bond donors (Lipinski definition) is 0. The van der Waals surface area contributed by atoms with E-state index in [0.717, 1.165) is 11.1 Å². The Kier molecular flexibility index (Phi) is 8.52. The third kappa shape index (κ3) is 5.80. The zero-order valence-electron chi connectivity index (χ0n) is 20.7. The summed E-state index contributed by atoms with van der Waals surface area (Å²) in [5, 5.41) is 0. The van der Waals surface area contributed by atoms with E-state index >= 15 is 0 Å². The van der Waals surface area contributed by atoms with E-state index in [2.05, 4.69) is 96.5 Å². The van der Waals surface area contributed by atoms with Crippen LogP contribution in [0.2, 0.25) is 0 Å². The molecule has 0 aliphatic heterocycles. The highest BCUT2D eigenvalue weighted by Gasteiger charge is 2.29. The summed E-state index contributed by atoms with van der Waals surface area (Å²) in [5.41, 5.74) is 9.69. The first-order valence-electron chi connectivity index (χ1n) is 11.7. The third-order valence-electron chi connectivity index (χ3n) is 6.83. The van der Waals surface area contributed by atoms with Crippen LogP contribution in [0.1, 0.15) is 96.8 Å². The summed E-state index contributed by atoms with van der Waals surface area (Å²) in [7, 11) is 0. The summed E-state index contributed by atoms with van der Waals surface area (Å²) in [6, 6.07) is 7.15. The molecule has 1 aliphatic rings. The summed E-state index contributed by atoms with van der Waals surface area (Å²) in [6.45, 7) is 19.7. The van der Waals surface area contributed by atoms with E-state index in [-0.39, 0.29) is 5.41 Å². The van der Waals surface area contributed by atoms with Gasteiger partial charge in [-0.3, -0.25) is 0 Å². The van der Waals surface area contributed by atoms with Crippen LogP contribution in [-0.4, -0.2) is 0 Å². The SMILES string of the molecule is C#C/C(C)=C/C1=C(C)C=CC(C)(c2cc(C(=C)C)cc(C(CC)CCCC)c2)C(C)=C1. The number of hydrogen-bond acceptors (Lipinski definition) is 0. The average Bonchev–Trinajstić information content (AvgIpc) is 2.86. The van der Waals surface area contributed by atoms with Gasteiger partial charge in [-0.25, -0.2) is 0 Å². The van der Waals surface area contributed by atoms with Crippen molar-refractivity contribution in [1.82, 2.24) is 0 Å². The molecule has 0 N–H and O–H groups in total. The molecule has 1 aromatic carbocycles. The summed E-state index contributed by atoms with van der Waals surface area (Å²) >= 11 is 0. The van der Waals surface area contributed by atoms with Gasteiger partial charge in [0.05, 0.1) is 0 Å². The molecule has 0 spiro atoms. The molecular weight excluding hydrogens is 372 g/mol. The minimum Gasteiger partial charge on any atom is -0.115 e. The molecule has 0 nitrogen and oxygen atoms in total. The van der Waals surface area contributed by atoms with Crippen molar-refractivity contribution < 1.29 is 0 Å². The van der Waals surface area contributed by atoms with Crippen molar-refractivity contribution in [1.29, 1.82) is 0 Å². The van der Waals surface area contributed by atoms with Gasteiger partial charge in [0.15, 0.2) is 0 Å². The Morgan fingerprint density at radius 2 is 1.90 bits per heavy atom. The van der Waals surface area contributed by atoms with Crippen LogP contribution in [0.15, 0.2) is 71.4 Å². The largest absolute Gasteiger partial charge is 0.115 e. The van der Waals surface area contributed by atoms with Crippen LogP contribution < -0.4 is 0 Å². The molecule has 0 saturated heterocycles. The Bertz CT molecular complexity index is 983.